The first-order valence-electron chi connectivity index (χ1n) is 36.2. The topological polar surface area (TPSA) is 339 Å². The third-order valence-corrected chi connectivity index (χ3v) is 19.9. The van der Waals surface area contributed by atoms with Gasteiger partial charge in [-0.05, 0) is 99.0 Å². The second-order valence-electron chi connectivity index (χ2n) is 28.9. The number of urea groups is 1. The number of esters is 1. The average Bonchev–Trinajstić information content (AvgIpc) is 0.888. The highest BCUT2D eigenvalue weighted by Gasteiger charge is 2.45. The lowest BCUT2D eigenvalue weighted by Gasteiger charge is -2.41. The number of nitrogens with zero attached hydrogens (tertiary/aromatic N) is 4. The molecule has 588 valence electrons. The van der Waals surface area contributed by atoms with Crippen molar-refractivity contribution in [3.63, 3.8) is 0 Å². The lowest BCUT2D eigenvalue weighted by atomic mass is 9.86. The molecule has 26 nitrogen and oxygen atoms in total. The number of anilines is 1. The summed E-state index contributed by atoms with van der Waals surface area (Å²) in [5.41, 5.74) is 6.91. The van der Waals surface area contributed by atoms with E-state index in [0.717, 1.165) is 5.56 Å². The number of primary amides is 1. The van der Waals surface area contributed by atoms with Gasteiger partial charge in [0.1, 0.15) is 24.2 Å². The SMILES string of the molecule is CC[C@H](C)[C@@H]([C@@H](CC(=O)N1CCC[C@H]1[C@H](OC)[C@@H](C)C(=O)N[C@@H](Cc1ccccc1)C(=O)NCc1ccc(NC(=O)[C@H](CCCNC(N)=O)NC(=O)[C@@H](NC(=O)CCC(=O)N2CCC(C(=O)Oc3c(F)c(F)c(F)c(F)c3F)C(C)C2)C(C)C)cc1)OC)N(C)C(=O)[C@@H](NC(=O)[C@H](C(C)C)N(C)C)C(C)C. The maximum Gasteiger partial charge on any atom is 0.314 e. The van der Waals surface area contributed by atoms with Gasteiger partial charge in [0.15, 0.2) is 0 Å². The molecule has 11 amide bonds. The summed E-state index contributed by atoms with van der Waals surface area (Å²) in [6.45, 7) is 18.3. The predicted octanol–water partition coefficient (Wildman–Crippen LogP) is 6.26. The van der Waals surface area contributed by atoms with E-state index in [4.69, 9.17) is 15.2 Å². The number of carbonyl (C=O) groups is 11. The molecule has 5 rings (SSSR count). The lowest BCUT2D eigenvalue weighted by Crippen LogP contribution is -2.59. The summed E-state index contributed by atoms with van der Waals surface area (Å²) in [7, 11) is 8.31. The highest BCUT2D eigenvalue weighted by Crippen LogP contribution is 2.34. The van der Waals surface area contributed by atoms with E-state index in [0.29, 0.717) is 37.1 Å². The van der Waals surface area contributed by atoms with Crippen LogP contribution in [0.25, 0.3) is 0 Å². The van der Waals surface area contributed by atoms with Crippen LogP contribution in [0.1, 0.15) is 138 Å². The normalized spacial score (nSPS) is 18.1. The van der Waals surface area contributed by atoms with Crippen LogP contribution in [0.15, 0.2) is 54.6 Å². The molecule has 2 heterocycles. The highest BCUT2D eigenvalue weighted by atomic mass is 19.2. The van der Waals surface area contributed by atoms with Gasteiger partial charge in [-0.2, -0.15) is 8.78 Å². The van der Waals surface area contributed by atoms with Crippen LogP contribution in [0.4, 0.5) is 32.4 Å². The average molecular weight is 1500 g/mol. The molecule has 0 bridgehead atoms. The molecule has 3 aromatic carbocycles. The molecule has 2 saturated heterocycles. The van der Waals surface area contributed by atoms with E-state index in [-0.39, 0.29) is 100 Å². The zero-order valence-corrected chi connectivity index (χ0v) is 63.5. The molecular formula is C75H109F5N12O14. The van der Waals surface area contributed by atoms with Crippen molar-refractivity contribution in [1.82, 2.24) is 51.5 Å². The van der Waals surface area contributed by atoms with Gasteiger partial charge < -0.3 is 71.9 Å². The Bertz CT molecular complexity index is 3480. The van der Waals surface area contributed by atoms with E-state index in [1.807, 2.05) is 90.9 Å². The van der Waals surface area contributed by atoms with Crippen molar-refractivity contribution >= 4 is 70.9 Å². The predicted molar refractivity (Wildman–Crippen MR) is 385 cm³/mol. The van der Waals surface area contributed by atoms with E-state index in [2.05, 4.69) is 42.0 Å². The van der Waals surface area contributed by atoms with Crippen LogP contribution < -0.4 is 47.7 Å². The molecule has 0 saturated carbocycles. The standard InChI is InChI=1S/C75H109F5N12O14/c1-16-43(8)65(90(13)73(101)63(41(4)5)88-72(100)64(42(6)7)89(11)12)53(104-14)37-56(95)92-34-21-25-52(92)66(105-15)45(10)68(96)86-51(36-46-22-18-17-19-23-46)69(97)83-38-47-26-28-48(29-27-47)84-70(98)50(24-20-33-82-75(81)103)85-71(99)62(40(2)3)87-54(93)30-31-55(94)91-35-32-49(44(9)39-91)74(102)106-67-60(79)58(77)57(76)59(78)61(67)80/h17-19,22-23,26-29,40-45,49-53,62-66H,16,20-21,24-25,30-39H2,1-15H3,(H,83,97)(H,84,98)(H,85,99)(H,86,96)(H,87,93)(H,88,100)(H3,81,82,103)/t43-,44?,45+,49?,50-,51-,52-,53+,62-,63-,64-,65-,66+/m0/s1. The Kier molecular flexibility index (Phi) is 34.2. The second-order valence-corrected chi connectivity index (χ2v) is 28.9. The fourth-order valence-corrected chi connectivity index (χ4v) is 13.8. The zero-order chi connectivity index (χ0) is 79.1. The monoisotopic (exact) mass is 1500 g/mol. The van der Waals surface area contributed by atoms with Crippen molar-refractivity contribution in [2.75, 3.05) is 66.9 Å². The van der Waals surface area contributed by atoms with Crippen LogP contribution in [0.2, 0.25) is 0 Å². The molecule has 0 radical (unpaired) electrons. The first kappa shape index (κ1) is 87.8. The van der Waals surface area contributed by atoms with Crippen LogP contribution in [-0.4, -0.2) is 201 Å². The number of ether oxygens (including phenoxy) is 3. The van der Waals surface area contributed by atoms with Crippen LogP contribution in [0.3, 0.4) is 0 Å². The molecule has 9 N–H and O–H groups in total. The minimum absolute atomic E-state index is 0.0113. The summed E-state index contributed by atoms with van der Waals surface area (Å²) < 4.78 is 86.5. The molecule has 2 aliphatic heterocycles. The molecule has 0 aliphatic carbocycles. The summed E-state index contributed by atoms with van der Waals surface area (Å²) in [4.78, 5) is 157. The number of benzene rings is 3. The molecule has 31 heteroatoms. The van der Waals surface area contributed by atoms with E-state index >= 15 is 0 Å². The molecule has 3 aromatic rings. The smallest absolute Gasteiger partial charge is 0.314 e. The second kappa shape index (κ2) is 41.3. The van der Waals surface area contributed by atoms with Crippen molar-refractivity contribution in [3.8, 4) is 5.75 Å². The molecule has 2 fully saturated rings. The van der Waals surface area contributed by atoms with Gasteiger partial charge in [-0.1, -0.05) is 118 Å². The van der Waals surface area contributed by atoms with Gasteiger partial charge in [0.25, 0.3) is 0 Å². The number of methoxy groups -OCH3 is 2. The number of nitrogens with one attached hydrogen (secondary N) is 7. The third-order valence-electron chi connectivity index (χ3n) is 19.9. The van der Waals surface area contributed by atoms with Gasteiger partial charge in [-0.15, -0.1) is 0 Å². The van der Waals surface area contributed by atoms with Gasteiger partial charge in [-0.3, -0.25) is 52.8 Å². The maximum atomic E-state index is 14.7. The number of likely N-dealkylation sites (tertiary alicyclic amines) is 2. The first-order valence-corrected chi connectivity index (χ1v) is 36.2. The quantitative estimate of drug-likeness (QED) is 0.00784. The van der Waals surface area contributed by atoms with Crippen molar-refractivity contribution in [2.45, 2.75) is 194 Å². The van der Waals surface area contributed by atoms with Gasteiger partial charge in [0.2, 0.25) is 88.0 Å². The minimum Gasteiger partial charge on any atom is -0.420 e. The summed E-state index contributed by atoms with van der Waals surface area (Å²) in [6, 6.07) is 8.77. The first-order chi connectivity index (χ1) is 50.0. The van der Waals surface area contributed by atoms with Gasteiger partial charge in [0, 0.05) is 78.9 Å². The number of rotatable bonds is 38. The number of carbonyl (C=O) groups excluding carboxylic acids is 11. The Morgan fingerprint density at radius 2 is 1.25 bits per heavy atom. The van der Waals surface area contributed by atoms with Crippen LogP contribution in [-0.2, 0) is 70.4 Å². The van der Waals surface area contributed by atoms with E-state index < -0.39 is 167 Å². The zero-order valence-electron chi connectivity index (χ0n) is 63.5. The Morgan fingerprint density at radius 3 is 1.81 bits per heavy atom. The van der Waals surface area contributed by atoms with Crippen molar-refractivity contribution in [3.05, 3.63) is 94.8 Å². The Morgan fingerprint density at radius 1 is 0.642 bits per heavy atom. The lowest BCUT2D eigenvalue weighted by molar-refractivity contribution is -0.148. The Labute approximate surface area is 618 Å². The summed E-state index contributed by atoms with van der Waals surface area (Å²) in [5.74, 6) is -22.8. The number of hydrogen-bond acceptors (Lipinski definition) is 15. The largest absolute Gasteiger partial charge is 0.420 e. The molecule has 0 spiro atoms. The number of halogens is 5. The van der Waals surface area contributed by atoms with Crippen LogP contribution >= 0.6 is 0 Å². The number of likely N-dealkylation sites (N-methyl/N-ethyl adjacent to an activating group) is 2. The molecule has 0 aromatic heterocycles. The molecule has 2 aliphatic rings. The fourth-order valence-electron chi connectivity index (χ4n) is 13.8. The van der Waals surface area contributed by atoms with Crippen LogP contribution in [0, 0.1) is 70.5 Å². The van der Waals surface area contributed by atoms with E-state index in [1.165, 1.54) is 26.0 Å². The molecule has 13 atom stereocenters. The maximum absolute atomic E-state index is 14.7. The number of nitrogens with two attached hydrogens (primary N) is 1. The molecule has 2 unspecified atom stereocenters. The Balaban J connectivity index is 1.20. The number of piperidine rings is 1. The summed E-state index contributed by atoms with van der Waals surface area (Å²) in [6.07, 6.45) is -0.438. The number of hydrogen-bond donors (Lipinski definition) is 8. The van der Waals surface area contributed by atoms with Gasteiger partial charge >= 0.3 is 12.0 Å². The minimum atomic E-state index is -2.42. The van der Waals surface area contributed by atoms with Gasteiger partial charge in [-0.25, -0.2) is 18.0 Å². The fraction of sp³-hybridized carbons (Fsp3) is 0.613. The van der Waals surface area contributed by atoms with Crippen molar-refractivity contribution < 1.29 is 88.9 Å². The molecular weight excluding hydrogens is 1390 g/mol. The Hall–Kier alpha value is -8.84. The van der Waals surface area contributed by atoms with Crippen molar-refractivity contribution in [1.29, 1.82) is 0 Å². The third kappa shape index (κ3) is 24.1. The van der Waals surface area contributed by atoms with E-state index in [9.17, 15) is 74.7 Å². The summed E-state index contributed by atoms with van der Waals surface area (Å²) >= 11 is 0. The van der Waals surface area contributed by atoms with Crippen molar-refractivity contribution in [2.24, 2.45) is 47.2 Å². The van der Waals surface area contributed by atoms with E-state index in [1.54, 1.807) is 61.9 Å². The van der Waals surface area contributed by atoms with Crippen LogP contribution in [0.5, 0.6) is 5.75 Å². The number of amides is 11. The molecule has 106 heavy (non-hydrogen) atoms. The van der Waals surface area contributed by atoms with Gasteiger partial charge in [0.05, 0.1) is 48.6 Å². The highest BCUT2D eigenvalue weighted by molar-refractivity contribution is 5.99. The summed E-state index contributed by atoms with van der Waals surface area (Å²) in [5, 5.41) is 19.4.